The minimum Gasteiger partial charge on any atom is -0.634 e. The number of hydrogen-bond acceptors (Lipinski definition) is 44. The monoisotopic (exact) mass is 2160 g/mol. The number of carbonyl (C=O) groups is 4. The lowest BCUT2D eigenvalue weighted by Gasteiger charge is -2.51. The molecule has 60 unspecified atom stereocenters. The lowest BCUT2D eigenvalue weighted by Crippen LogP contribution is -3.16. The number of alkyl halides is 3. The number of halogens is 3. The van der Waals surface area contributed by atoms with Crippen LogP contribution in [0.5, 0.6) is 0 Å². The molecule has 11 heterocycles. The number of likely N-dealkylation sites (tertiary alicyclic amines) is 1. The number of rotatable bonds is 23. The van der Waals surface area contributed by atoms with Crippen LogP contribution in [0.1, 0.15) is 193 Å². The van der Waals surface area contributed by atoms with E-state index in [0.29, 0.717) is 0 Å². The summed E-state index contributed by atoms with van der Waals surface area (Å²) in [5.41, 5.74) is 11.7. The van der Waals surface area contributed by atoms with Crippen LogP contribution in [0.4, 0.5) is 0 Å². The van der Waals surface area contributed by atoms with Crippen molar-refractivity contribution in [2.24, 2.45) is 58.8 Å². The third kappa shape index (κ3) is 29.7. The van der Waals surface area contributed by atoms with Crippen molar-refractivity contribution in [2.75, 3.05) is 13.6 Å². The number of aliphatic hydroxyl groups excluding tert-OH is 19. The molecule has 2 bridgehead atoms. The van der Waals surface area contributed by atoms with Crippen molar-refractivity contribution in [2.45, 2.75) is 503 Å². The number of nitrogens with zero attached hydrogens (tertiary/aromatic N) is 1. The number of nitrogens with one attached hydrogen (secondary N) is 2. The number of hydroxylamine groups is 2. The number of nitrogens with two attached hydrogens (primary N) is 2. The van der Waals surface area contributed by atoms with Gasteiger partial charge in [0.25, 0.3) is 0 Å². The first-order valence-electron chi connectivity index (χ1n) is 51.5. The van der Waals surface area contributed by atoms with Crippen LogP contribution in [0, 0.1) is 52.6 Å². The zero-order chi connectivity index (χ0) is 108. The van der Waals surface area contributed by atoms with E-state index < -0.39 is 405 Å². The number of hydrogen-bond donors (Lipinski definition) is 25. The van der Waals surface area contributed by atoms with Gasteiger partial charge in [0.2, 0.25) is 11.9 Å². The zero-order valence-electron chi connectivity index (χ0n) is 85.2. The number of carbonyl (C=O) groups excluding carboxylic acids is 3. The summed E-state index contributed by atoms with van der Waals surface area (Å²) in [6.07, 6.45) is -61.3. The molecule has 11 rings (SSSR count). The Morgan fingerprint density at radius 2 is 1.11 bits per heavy atom. The Hall–Kier alpha value is -3.07. The number of carboxylic acid groups (broad SMARTS) is 1. The number of ether oxygens (including phenoxy) is 16. The van der Waals surface area contributed by atoms with Crippen molar-refractivity contribution < 1.29 is 207 Å². The van der Waals surface area contributed by atoms with Crippen LogP contribution >= 0.6 is 34.8 Å². The summed E-state index contributed by atoms with van der Waals surface area (Å²) in [7, 11) is 1.55. The van der Waals surface area contributed by atoms with Gasteiger partial charge >= 0.3 is 17.9 Å². The van der Waals surface area contributed by atoms with Gasteiger partial charge in [-0.1, -0.05) is 54.5 Å². The molecule has 146 heavy (non-hydrogen) atoms. The van der Waals surface area contributed by atoms with Crippen molar-refractivity contribution >= 4 is 58.6 Å². The predicted molar refractivity (Wildman–Crippen MR) is 508 cm³/mol. The molecule has 0 spiro atoms. The Bertz CT molecular complexity index is 4060. The first kappa shape index (κ1) is 123. The van der Waals surface area contributed by atoms with E-state index in [4.69, 9.17) is 122 Å². The predicted octanol–water partition coefficient (Wildman–Crippen LogP) is -5.11. The van der Waals surface area contributed by atoms with Gasteiger partial charge in [-0.25, -0.2) is 9.59 Å². The molecule has 0 aromatic heterocycles. The van der Waals surface area contributed by atoms with Gasteiger partial charge in [0.05, 0.1) is 176 Å². The highest BCUT2D eigenvalue weighted by Gasteiger charge is 2.61. The second kappa shape index (κ2) is 53.3. The minimum atomic E-state index is -2.83. The highest BCUT2D eigenvalue weighted by Crippen LogP contribution is 2.46. The molecule has 0 saturated carbocycles. The molecular weight excluding hydrogens is 2000 g/mol. The molecule has 10 fully saturated rings. The Kier molecular flexibility index (Phi) is 45.0. The van der Waals surface area contributed by atoms with Gasteiger partial charge in [-0.2, -0.15) is 0 Å². The Morgan fingerprint density at radius 1 is 0.534 bits per heavy atom. The van der Waals surface area contributed by atoms with Crippen LogP contribution in [0.3, 0.4) is 0 Å². The normalized spacial score (nSPS) is 49.5. The van der Waals surface area contributed by atoms with Gasteiger partial charge in [-0.3, -0.25) is 14.5 Å². The standard InChI is InChI=1S/C96H164Cl3N5O42/c1-34-22-23-49(106)27-50(107)26-48(105)18-16-21-62(115)140-80(39(6)74(117)38(5)73(116)35(2)41(8)131-65-32-60(139-92(127)51-24-25-104(130)72(69(51)101)91(125)126)70(43(10)133-65)102-90(124)71-66(97)67(98)89(99)103(71)15)40(7)81-83(143-81)53(109)20-17-19-52(108)36(3)54(110)28-55(111)37(4)59-29-58(114)88(123)96(129,146-59)33-61(34)138-84-76(119)45(12)137-95(78(84)121)145-87-86(142-63-30-56(112)68(100)42(9)132-63)82(47(14)135-93(87)128)144-94-79(122)85(77(120)46(13)136-94)141-64-31-57(113)75(118)44(11)134-64/h16,21,34-61,63-89,93-95,104-114,116-123,128-129H,17-20,22-33,100-101H2,1-15H3,(H,102,124)(H,125,126). The van der Waals surface area contributed by atoms with E-state index in [9.17, 15) is 132 Å². The fourth-order valence-electron chi connectivity index (χ4n) is 22.2. The van der Waals surface area contributed by atoms with Gasteiger partial charge in [-0.15, -0.1) is 34.8 Å². The number of piperidine rings is 1. The third-order valence-corrected chi connectivity index (χ3v) is 34.3. The lowest BCUT2D eigenvalue weighted by atomic mass is 9.77. The third-order valence-electron chi connectivity index (χ3n) is 32.4. The number of esters is 2. The number of aliphatic carboxylic acids is 1. The maximum Gasteiger partial charge on any atom is 0.364 e. The van der Waals surface area contributed by atoms with Gasteiger partial charge in [-0.05, 0) is 119 Å². The molecule has 10 saturated heterocycles. The molecule has 1 amide bonds. The number of aliphatic hydroxyl groups is 20. The molecule has 50 heteroatoms. The average Bonchev–Trinajstić information content (AvgIpc) is 1.13. The van der Waals surface area contributed by atoms with Crippen molar-refractivity contribution in [1.29, 1.82) is 0 Å². The number of carboxylic acids is 1. The highest BCUT2D eigenvalue weighted by atomic mass is 35.5. The number of epoxide rings is 1. The van der Waals surface area contributed by atoms with E-state index in [1.807, 2.05) is 0 Å². The van der Waals surface area contributed by atoms with Crippen LogP contribution in [-0.2, 0) is 95.0 Å². The van der Waals surface area contributed by atoms with E-state index in [1.165, 1.54) is 52.5 Å². The smallest absolute Gasteiger partial charge is 0.364 e. The van der Waals surface area contributed by atoms with Crippen molar-refractivity contribution in [1.82, 2.24) is 10.2 Å². The minimum absolute atomic E-state index is 0.00928. The summed E-state index contributed by atoms with van der Waals surface area (Å²) < 4.78 is 100. The lowest BCUT2D eigenvalue weighted by molar-refractivity contribution is -0.874. The molecule has 47 nitrogen and oxygen atoms in total. The van der Waals surface area contributed by atoms with Gasteiger partial charge in [0, 0.05) is 80.1 Å². The SMILES string of the molecule is CC1CCC(O)CC(O)CC(O)CC=CC(=O)OC(C(C)C(O)C(C)C(O)C(C)C(C)OC2CC(OC(=O)C3CC[NH+]([O-])C(C(=O)O)C3N)C(NC(=O)C3C(Cl)C(Cl)C(Cl)N3C)C(C)O2)C(C)C2OC2C(O)CCCC(O)C(C)C(O)CC(O)C(C)C2CC(O)C(O)C(O)(CC1OC1C(O)C(C)OC(OC3C(O)OC(C)C(OC4OC(C)C(O)C(OC5CC(O)C(O)C(C)O5)C4O)C3OC3CC(O)C(N)C(C)O3)C1O)O2. The second-order valence-electron chi connectivity index (χ2n) is 43.2. The summed E-state index contributed by atoms with van der Waals surface area (Å²) in [6, 6.07) is -6.22. The molecule has 846 valence electrons. The summed E-state index contributed by atoms with van der Waals surface area (Å²) in [5, 5.41) is 259. The van der Waals surface area contributed by atoms with Crippen LogP contribution < -0.4 is 21.8 Å². The van der Waals surface area contributed by atoms with Crippen molar-refractivity contribution in [3.05, 3.63) is 17.4 Å². The van der Waals surface area contributed by atoms with E-state index in [2.05, 4.69) is 5.32 Å². The number of amides is 1. The average molecular weight is 2170 g/mol. The Morgan fingerprint density at radius 3 is 1.72 bits per heavy atom. The fourth-order valence-corrected chi connectivity index (χ4v) is 23.3. The first-order valence-corrected chi connectivity index (χ1v) is 52.8. The maximum absolute atomic E-state index is 14.2. The summed E-state index contributed by atoms with van der Waals surface area (Å²) >= 11 is 19.6. The van der Waals surface area contributed by atoms with Gasteiger partial charge < -0.3 is 210 Å². The van der Waals surface area contributed by atoms with Crippen molar-refractivity contribution in [3.63, 3.8) is 0 Å². The summed E-state index contributed by atoms with van der Waals surface area (Å²) in [5.74, 6) is -14.9. The molecule has 0 aromatic rings. The zero-order valence-corrected chi connectivity index (χ0v) is 87.4. The molecular formula is C96H164Cl3N5O42. The Labute approximate surface area is 864 Å². The van der Waals surface area contributed by atoms with Crippen LogP contribution in [0.15, 0.2) is 12.2 Å². The first-order chi connectivity index (χ1) is 68.3. The van der Waals surface area contributed by atoms with E-state index in [0.717, 1.165) is 6.08 Å². The molecule has 11 aliphatic rings. The largest absolute Gasteiger partial charge is 0.634 e. The Balaban J connectivity index is 0.787. The second-order valence-corrected chi connectivity index (χ2v) is 44.7. The molecule has 0 aromatic carbocycles. The number of cyclic esters (lactones) is 1. The van der Waals surface area contributed by atoms with Crippen LogP contribution in [-0.4, -0.2) is 459 Å². The maximum atomic E-state index is 14.2. The van der Waals surface area contributed by atoms with Gasteiger partial charge in [0.15, 0.2) is 43.5 Å². The molecule has 27 N–H and O–H groups in total. The van der Waals surface area contributed by atoms with E-state index in [-0.39, 0.29) is 83.6 Å². The molecule has 0 aliphatic carbocycles. The number of likely N-dealkylation sites (N-methyl/N-ethyl adjacent to an activating group) is 1. The number of fused-ring (bicyclic) bond motifs is 3. The topological polar surface area (TPSA) is 739 Å². The quantitative estimate of drug-likeness (QED) is 0.0150. The molecule has 0 radical (unpaired) electrons. The molecule has 60 atom stereocenters. The van der Waals surface area contributed by atoms with E-state index in [1.54, 1.807) is 62.4 Å². The molecule has 11 aliphatic heterocycles. The number of quaternary nitrogens is 1. The van der Waals surface area contributed by atoms with Crippen molar-refractivity contribution in [3.8, 4) is 0 Å². The van der Waals surface area contributed by atoms with E-state index >= 15 is 0 Å². The highest BCUT2D eigenvalue weighted by molar-refractivity contribution is 6.36. The van der Waals surface area contributed by atoms with Crippen LogP contribution in [0.2, 0.25) is 0 Å². The summed E-state index contributed by atoms with van der Waals surface area (Å²) in [6.45, 7) is 21.3. The van der Waals surface area contributed by atoms with Crippen LogP contribution in [0.25, 0.3) is 0 Å². The summed E-state index contributed by atoms with van der Waals surface area (Å²) in [4.78, 5) is 56.2. The van der Waals surface area contributed by atoms with Gasteiger partial charge in [0.1, 0.15) is 97.0 Å². The fraction of sp³-hybridized carbons (Fsp3) is 0.938.